The van der Waals surface area contributed by atoms with Crippen molar-refractivity contribution in [2.45, 2.75) is 6.04 Å². The molecule has 2 aromatic carbocycles. The molecule has 0 fully saturated rings. The van der Waals surface area contributed by atoms with Gasteiger partial charge in [0.2, 0.25) is 0 Å². The van der Waals surface area contributed by atoms with Crippen LogP contribution < -0.4 is 10.1 Å². The molecule has 1 atom stereocenters. The van der Waals surface area contributed by atoms with Crippen molar-refractivity contribution in [1.82, 2.24) is 5.32 Å². The summed E-state index contributed by atoms with van der Waals surface area (Å²) in [5.41, 5.74) is 1.97. The van der Waals surface area contributed by atoms with Gasteiger partial charge in [-0.3, -0.25) is 0 Å². The van der Waals surface area contributed by atoms with Gasteiger partial charge in [0.05, 0.1) is 13.2 Å². The van der Waals surface area contributed by atoms with Gasteiger partial charge in [0.25, 0.3) is 0 Å². The molecule has 5 heteroatoms. The average Bonchev–Trinajstić information content (AvgIpc) is 2.44. The monoisotopic (exact) mass is 449 g/mol. The minimum Gasteiger partial charge on any atom is -0.494 e. The van der Waals surface area contributed by atoms with E-state index in [-0.39, 0.29) is 17.6 Å². The van der Waals surface area contributed by atoms with E-state index >= 15 is 0 Å². The van der Waals surface area contributed by atoms with Gasteiger partial charge in [-0.05, 0) is 71.1 Å². The standard InChI is InChI=1S/C15H14BrFINO/c1-19-15(11-8-10(16)4-5-13(11)18)9-3-6-14(20-2)12(17)7-9/h3-8,15,19H,1-2H3. The van der Waals surface area contributed by atoms with Crippen LogP contribution in [0.2, 0.25) is 0 Å². The second-order valence-electron chi connectivity index (χ2n) is 4.28. The molecule has 1 N–H and O–H groups in total. The maximum absolute atomic E-state index is 13.9. The number of halogens is 3. The third-order valence-corrected chi connectivity index (χ3v) is 4.54. The second-order valence-corrected chi connectivity index (χ2v) is 6.36. The van der Waals surface area contributed by atoms with E-state index in [1.54, 1.807) is 6.07 Å². The summed E-state index contributed by atoms with van der Waals surface area (Å²) in [6, 6.07) is 11.0. The van der Waals surface area contributed by atoms with Crippen LogP contribution in [0.3, 0.4) is 0 Å². The summed E-state index contributed by atoms with van der Waals surface area (Å²) in [6.07, 6.45) is 0. The molecule has 2 nitrogen and oxygen atoms in total. The Kier molecular flexibility index (Phi) is 5.40. The molecule has 0 radical (unpaired) electrons. The summed E-state index contributed by atoms with van der Waals surface area (Å²) in [4.78, 5) is 0. The molecule has 2 rings (SSSR count). The fourth-order valence-corrected chi connectivity index (χ4v) is 3.13. The predicted octanol–water partition coefficient (Wildman–Crippen LogP) is 4.51. The highest BCUT2D eigenvalue weighted by molar-refractivity contribution is 14.1. The number of hydrogen-bond donors (Lipinski definition) is 1. The Bertz CT molecular complexity index is 621. The minimum atomic E-state index is -0.352. The molecule has 0 amide bonds. The molecule has 20 heavy (non-hydrogen) atoms. The molecule has 106 valence electrons. The summed E-state index contributed by atoms with van der Waals surface area (Å²) in [6.45, 7) is 0. The van der Waals surface area contributed by atoms with Gasteiger partial charge in [-0.15, -0.1) is 0 Å². The molecule has 0 saturated carbocycles. The average molecular weight is 450 g/mol. The second kappa shape index (κ2) is 6.87. The smallest absolute Gasteiger partial charge is 0.165 e. The number of nitrogens with one attached hydrogen (secondary N) is 1. The van der Waals surface area contributed by atoms with Crippen molar-refractivity contribution >= 4 is 38.5 Å². The first kappa shape index (κ1) is 15.7. The van der Waals surface area contributed by atoms with Gasteiger partial charge in [0.1, 0.15) is 0 Å². The summed E-state index contributed by atoms with van der Waals surface area (Å²) in [5.74, 6) is -0.0946. The van der Waals surface area contributed by atoms with Crippen molar-refractivity contribution in [2.24, 2.45) is 0 Å². The first-order valence-corrected chi connectivity index (χ1v) is 7.89. The molecule has 0 aliphatic rings. The van der Waals surface area contributed by atoms with Gasteiger partial charge < -0.3 is 10.1 Å². The van der Waals surface area contributed by atoms with Gasteiger partial charge in [0, 0.05) is 8.04 Å². The van der Waals surface area contributed by atoms with Crippen molar-refractivity contribution in [1.29, 1.82) is 0 Å². The van der Waals surface area contributed by atoms with Crippen molar-refractivity contribution in [3.8, 4) is 5.75 Å². The molecule has 0 aliphatic carbocycles. The topological polar surface area (TPSA) is 21.3 Å². The van der Waals surface area contributed by atoms with Gasteiger partial charge in [0.15, 0.2) is 11.6 Å². The van der Waals surface area contributed by atoms with E-state index in [9.17, 15) is 4.39 Å². The van der Waals surface area contributed by atoms with Crippen LogP contribution in [0.4, 0.5) is 4.39 Å². The minimum absolute atomic E-state index is 0.0696. The molecule has 0 aliphatic heterocycles. The predicted molar refractivity (Wildman–Crippen MR) is 90.7 cm³/mol. The number of ether oxygens (including phenoxy) is 1. The zero-order chi connectivity index (χ0) is 14.7. The lowest BCUT2D eigenvalue weighted by Crippen LogP contribution is -2.19. The van der Waals surface area contributed by atoms with Crippen molar-refractivity contribution in [3.63, 3.8) is 0 Å². The van der Waals surface area contributed by atoms with Gasteiger partial charge in [-0.1, -0.05) is 22.0 Å². The van der Waals surface area contributed by atoms with E-state index in [4.69, 9.17) is 4.74 Å². The molecule has 0 saturated heterocycles. The Morgan fingerprint density at radius 3 is 2.60 bits per heavy atom. The van der Waals surface area contributed by atoms with Crippen LogP contribution in [-0.4, -0.2) is 14.2 Å². The highest BCUT2D eigenvalue weighted by Crippen LogP contribution is 2.30. The van der Waals surface area contributed by atoms with Crippen LogP contribution >= 0.6 is 38.5 Å². The van der Waals surface area contributed by atoms with E-state index in [0.717, 1.165) is 19.2 Å². The van der Waals surface area contributed by atoms with E-state index in [1.165, 1.54) is 13.2 Å². The summed E-state index contributed by atoms with van der Waals surface area (Å²) in [5, 5.41) is 3.23. The molecule has 0 aromatic heterocycles. The Morgan fingerprint density at radius 2 is 2.00 bits per heavy atom. The van der Waals surface area contributed by atoms with Gasteiger partial charge in [-0.25, -0.2) is 4.39 Å². The number of methoxy groups -OCH3 is 1. The fourth-order valence-electron chi connectivity index (χ4n) is 2.10. The number of benzene rings is 2. The van der Waals surface area contributed by atoms with Crippen LogP contribution in [-0.2, 0) is 0 Å². The van der Waals surface area contributed by atoms with Gasteiger partial charge >= 0.3 is 0 Å². The Labute approximate surface area is 140 Å². The van der Waals surface area contributed by atoms with Crippen LogP contribution in [0.25, 0.3) is 0 Å². The normalized spacial score (nSPS) is 12.2. The molecular formula is C15H14BrFINO. The fraction of sp³-hybridized carbons (Fsp3) is 0.200. The van der Waals surface area contributed by atoms with Crippen LogP contribution in [0.15, 0.2) is 40.9 Å². The summed E-state index contributed by atoms with van der Waals surface area (Å²) < 4.78 is 21.0. The van der Waals surface area contributed by atoms with Gasteiger partial charge in [-0.2, -0.15) is 0 Å². The zero-order valence-corrected chi connectivity index (χ0v) is 14.8. The molecular weight excluding hydrogens is 436 g/mol. The maximum Gasteiger partial charge on any atom is 0.165 e. The highest BCUT2D eigenvalue weighted by Gasteiger charge is 2.17. The quantitative estimate of drug-likeness (QED) is 0.693. The summed E-state index contributed by atoms with van der Waals surface area (Å²) in [7, 11) is 3.33. The molecule has 0 spiro atoms. The molecule has 0 bridgehead atoms. The maximum atomic E-state index is 13.9. The zero-order valence-electron chi connectivity index (χ0n) is 11.1. The van der Waals surface area contributed by atoms with Crippen molar-refractivity contribution in [3.05, 3.63) is 61.4 Å². The molecule has 1 unspecified atom stereocenters. The third-order valence-electron chi connectivity index (χ3n) is 3.07. The van der Waals surface area contributed by atoms with Crippen molar-refractivity contribution < 1.29 is 9.13 Å². The molecule has 2 aromatic rings. The van der Waals surface area contributed by atoms with E-state index < -0.39 is 0 Å². The third kappa shape index (κ3) is 3.32. The lowest BCUT2D eigenvalue weighted by molar-refractivity contribution is 0.386. The Balaban J connectivity index is 2.46. The van der Waals surface area contributed by atoms with Crippen LogP contribution in [0.5, 0.6) is 5.75 Å². The Hall–Kier alpha value is -0.660. The number of rotatable bonds is 4. The number of hydrogen-bond acceptors (Lipinski definition) is 2. The first-order valence-electron chi connectivity index (χ1n) is 6.02. The first-order chi connectivity index (χ1) is 9.56. The van der Waals surface area contributed by atoms with Crippen LogP contribution in [0, 0.1) is 9.39 Å². The largest absolute Gasteiger partial charge is 0.494 e. The molecule has 0 heterocycles. The van der Waals surface area contributed by atoms with Crippen molar-refractivity contribution in [2.75, 3.05) is 14.2 Å². The van der Waals surface area contributed by atoms with E-state index in [1.807, 2.05) is 31.3 Å². The van der Waals surface area contributed by atoms with Crippen LogP contribution in [0.1, 0.15) is 17.2 Å². The Morgan fingerprint density at radius 1 is 1.25 bits per heavy atom. The summed E-state index contributed by atoms with van der Waals surface area (Å²) >= 11 is 5.76. The van der Waals surface area contributed by atoms with E-state index in [0.29, 0.717) is 0 Å². The lowest BCUT2D eigenvalue weighted by atomic mass is 9.98. The highest BCUT2D eigenvalue weighted by atomic mass is 127. The van der Waals surface area contributed by atoms with E-state index in [2.05, 4.69) is 43.8 Å². The lowest BCUT2D eigenvalue weighted by Gasteiger charge is -2.19. The SMILES string of the molecule is CNC(c1ccc(OC)c(F)c1)c1cc(Br)ccc1I.